The number of nitrogens with one attached hydrogen (secondary N) is 1. The summed E-state index contributed by atoms with van der Waals surface area (Å²) < 4.78 is 46.1. The Morgan fingerprint density at radius 1 is 0.967 bits per heavy atom. The van der Waals surface area contributed by atoms with Crippen molar-refractivity contribution in [1.29, 1.82) is 0 Å². The Kier molecular flexibility index (Phi) is 6.68. The van der Waals surface area contributed by atoms with Gasteiger partial charge >= 0.3 is 0 Å². The summed E-state index contributed by atoms with van der Waals surface area (Å²) in [6.45, 7) is 1.77. The lowest BCUT2D eigenvalue weighted by Crippen LogP contribution is -2.38. The van der Waals surface area contributed by atoms with Gasteiger partial charge in [-0.05, 0) is 55.5 Å². The van der Waals surface area contributed by atoms with Gasteiger partial charge in [-0.2, -0.15) is 0 Å². The second-order valence-electron chi connectivity index (χ2n) is 6.28. The van der Waals surface area contributed by atoms with Crippen LogP contribution in [-0.2, 0) is 14.8 Å². The number of hydrogen-bond donors (Lipinski definition) is 1. The minimum Gasteiger partial charge on any atom is -0.492 e. The maximum Gasteiger partial charge on any atom is 0.264 e. The van der Waals surface area contributed by atoms with Gasteiger partial charge < -0.3 is 10.1 Å². The highest BCUT2D eigenvalue weighted by atomic mass is 32.2. The largest absolute Gasteiger partial charge is 0.492 e. The molecule has 3 aromatic rings. The first-order chi connectivity index (χ1) is 14.4. The molecule has 0 aliphatic rings. The number of sulfonamides is 1. The first kappa shape index (κ1) is 21.3. The Balaban J connectivity index is 1.91. The van der Waals surface area contributed by atoms with Gasteiger partial charge in [0.05, 0.1) is 22.9 Å². The number of ether oxygens (including phenoxy) is 1. The van der Waals surface area contributed by atoms with Crippen LogP contribution in [0.15, 0.2) is 83.8 Å². The molecular weight excluding hydrogens is 407 g/mol. The molecule has 1 amide bonds. The van der Waals surface area contributed by atoms with Gasteiger partial charge in [0.15, 0.2) is 0 Å². The maximum absolute atomic E-state index is 13.3. The number of benzene rings is 3. The molecule has 1 N–H and O–H groups in total. The van der Waals surface area contributed by atoms with Crippen molar-refractivity contribution in [2.45, 2.75) is 11.8 Å². The average Bonchev–Trinajstić information content (AvgIpc) is 2.74. The van der Waals surface area contributed by atoms with E-state index < -0.39 is 28.3 Å². The second kappa shape index (κ2) is 9.41. The van der Waals surface area contributed by atoms with Crippen LogP contribution in [0.4, 0.5) is 15.8 Å². The number of rotatable bonds is 8. The van der Waals surface area contributed by atoms with Crippen LogP contribution in [-0.4, -0.2) is 27.5 Å². The molecule has 8 heteroatoms. The molecule has 3 aromatic carbocycles. The van der Waals surface area contributed by atoms with Crippen LogP contribution in [0, 0.1) is 5.82 Å². The molecule has 0 radical (unpaired) electrons. The fraction of sp³-hybridized carbons (Fsp3) is 0.136. The third kappa shape index (κ3) is 4.96. The van der Waals surface area contributed by atoms with Crippen LogP contribution in [0.3, 0.4) is 0 Å². The number of anilines is 2. The minimum absolute atomic E-state index is 0.115. The van der Waals surface area contributed by atoms with E-state index in [4.69, 9.17) is 4.74 Å². The Morgan fingerprint density at radius 2 is 1.60 bits per heavy atom. The first-order valence-electron chi connectivity index (χ1n) is 9.27. The summed E-state index contributed by atoms with van der Waals surface area (Å²) in [7, 11) is -4.10. The van der Waals surface area contributed by atoms with E-state index in [1.54, 1.807) is 54.6 Å². The van der Waals surface area contributed by atoms with E-state index in [0.29, 0.717) is 23.7 Å². The van der Waals surface area contributed by atoms with Crippen LogP contribution in [0.1, 0.15) is 6.92 Å². The van der Waals surface area contributed by atoms with Crippen LogP contribution in [0.2, 0.25) is 0 Å². The summed E-state index contributed by atoms with van der Waals surface area (Å²) in [4.78, 5) is 12.6. The number of amides is 1. The summed E-state index contributed by atoms with van der Waals surface area (Å²) in [5.74, 6) is -0.608. The van der Waals surface area contributed by atoms with Crippen LogP contribution in [0.25, 0.3) is 0 Å². The van der Waals surface area contributed by atoms with E-state index in [9.17, 15) is 17.6 Å². The second-order valence-corrected chi connectivity index (χ2v) is 8.14. The number of hydrogen-bond acceptors (Lipinski definition) is 4. The third-order valence-corrected chi connectivity index (χ3v) is 5.98. The van der Waals surface area contributed by atoms with Crippen molar-refractivity contribution in [1.82, 2.24) is 0 Å². The van der Waals surface area contributed by atoms with Gasteiger partial charge in [-0.1, -0.05) is 30.3 Å². The van der Waals surface area contributed by atoms with E-state index in [1.165, 1.54) is 12.1 Å². The molecule has 0 unspecified atom stereocenters. The van der Waals surface area contributed by atoms with Gasteiger partial charge in [0, 0.05) is 0 Å². The molecular formula is C22H21FN2O4S. The molecule has 0 bridgehead atoms. The Morgan fingerprint density at radius 3 is 2.27 bits per heavy atom. The van der Waals surface area contributed by atoms with Crippen molar-refractivity contribution in [2.24, 2.45) is 0 Å². The molecule has 0 fully saturated rings. The quantitative estimate of drug-likeness (QED) is 0.587. The zero-order chi connectivity index (χ0) is 21.6. The highest BCUT2D eigenvalue weighted by Crippen LogP contribution is 2.26. The number of carbonyl (C=O) groups is 1. The normalized spacial score (nSPS) is 11.0. The number of carbonyl (C=O) groups excluding carboxylic acids is 1. The molecule has 30 heavy (non-hydrogen) atoms. The van der Waals surface area contributed by atoms with E-state index in [2.05, 4.69) is 5.32 Å². The number of halogens is 1. The minimum atomic E-state index is -4.10. The zero-order valence-corrected chi connectivity index (χ0v) is 17.1. The van der Waals surface area contributed by atoms with Gasteiger partial charge in [0.2, 0.25) is 5.91 Å². The van der Waals surface area contributed by atoms with E-state index in [-0.39, 0.29) is 4.90 Å². The number of nitrogens with zero attached hydrogens (tertiary/aromatic N) is 1. The maximum atomic E-state index is 13.3. The molecule has 0 saturated heterocycles. The fourth-order valence-electron chi connectivity index (χ4n) is 2.81. The number of para-hydroxylation sites is 3. The summed E-state index contributed by atoms with van der Waals surface area (Å²) in [6, 6.07) is 19.6. The summed E-state index contributed by atoms with van der Waals surface area (Å²) in [5, 5.41) is 2.70. The van der Waals surface area contributed by atoms with Crippen molar-refractivity contribution in [3.05, 3.63) is 84.7 Å². The van der Waals surface area contributed by atoms with E-state index in [0.717, 1.165) is 16.4 Å². The summed E-state index contributed by atoms with van der Waals surface area (Å²) in [5.41, 5.74) is 0.756. The Labute approximate surface area is 175 Å². The Bertz CT molecular complexity index is 1100. The Hall–Kier alpha value is -3.39. The molecule has 0 aromatic heterocycles. The van der Waals surface area contributed by atoms with Crippen molar-refractivity contribution in [3.63, 3.8) is 0 Å². The third-order valence-electron chi connectivity index (χ3n) is 4.19. The molecule has 0 saturated carbocycles. The van der Waals surface area contributed by atoms with Crippen LogP contribution < -0.4 is 14.4 Å². The molecule has 0 spiro atoms. The highest BCUT2D eigenvalue weighted by molar-refractivity contribution is 7.92. The van der Waals surface area contributed by atoms with Crippen molar-refractivity contribution in [2.75, 3.05) is 22.8 Å². The summed E-state index contributed by atoms with van der Waals surface area (Å²) in [6.07, 6.45) is 0. The van der Waals surface area contributed by atoms with Crippen LogP contribution in [0.5, 0.6) is 5.75 Å². The molecule has 0 aliphatic carbocycles. The van der Waals surface area contributed by atoms with Gasteiger partial charge in [-0.3, -0.25) is 9.10 Å². The molecule has 0 heterocycles. The lowest BCUT2D eigenvalue weighted by Gasteiger charge is -2.24. The van der Waals surface area contributed by atoms with Gasteiger partial charge in [0.1, 0.15) is 18.1 Å². The summed E-state index contributed by atoms with van der Waals surface area (Å²) >= 11 is 0. The molecule has 6 nitrogen and oxygen atoms in total. The zero-order valence-electron chi connectivity index (χ0n) is 16.3. The fourth-order valence-corrected chi connectivity index (χ4v) is 4.24. The predicted molar refractivity (Wildman–Crippen MR) is 114 cm³/mol. The van der Waals surface area contributed by atoms with Crippen molar-refractivity contribution < 1.29 is 22.3 Å². The van der Waals surface area contributed by atoms with Crippen molar-refractivity contribution in [3.8, 4) is 5.75 Å². The van der Waals surface area contributed by atoms with Crippen LogP contribution >= 0.6 is 0 Å². The lowest BCUT2D eigenvalue weighted by atomic mass is 10.3. The van der Waals surface area contributed by atoms with Gasteiger partial charge in [0.25, 0.3) is 10.0 Å². The SMILES string of the molecule is CCOc1ccccc1NC(=O)CN(c1ccccc1)S(=O)(=O)c1ccc(F)cc1. The monoisotopic (exact) mass is 428 g/mol. The van der Waals surface area contributed by atoms with E-state index in [1.807, 2.05) is 6.92 Å². The predicted octanol–water partition coefficient (Wildman–Crippen LogP) is 4.06. The molecule has 156 valence electrons. The highest BCUT2D eigenvalue weighted by Gasteiger charge is 2.27. The molecule has 0 aliphatic heterocycles. The topological polar surface area (TPSA) is 75.7 Å². The lowest BCUT2D eigenvalue weighted by molar-refractivity contribution is -0.114. The smallest absolute Gasteiger partial charge is 0.264 e. The average molecular weight is 428 g/mol. The first-order valence-corrected chi connectivity index (χ1v) is 10.7. The molecule has 3 rings (SSSR count). The van der Waals surface area contributed by atoms with Gasteiger partial charge in [-0.15, -0.1) is 0 Å². The standard InChI is InChI=1S/C22H21FN2O4S/c1-2-29-21-11-7-6-10-20(21)24-22(26)16-25(18-8-4-3-5-9-18)30(27,28)19-14-12-17(23)13-15-19/h3-15H,2,16H2,1H3,(H,24,26). The van der Waals surface area contributed by atoms with E-state index >= 15 is 0 Å². The molecule has 0 atom stereocenters. The van der Waals surface area contributed by atoms with Crippen molar-refractivity contribution >= 4 is 27.3 Å². The van der Waals surface area contributed by atoms with Gasteiger partial charge in [-0.25, -0.2) is 12.8 Å².